The average molecular weight is 221 g/mol. The highest BCUT2D eigenvalue weighted by Gasteiger charge is 2.37. The van der Waals surface area contributed by atoms with Crippen LogP contribution in [0.25, 0.3) is 0 Å². The van der Waals surface area contributed by atoms with E-state index in [1.54, 1.807) is 11.8 Å². The summed E-state index contributed by atoms with van der Waals surface area (Å²) in [5.41, 5.74) is 7.59. The third kappa shape index (κ3) is 1.99. The predicted octanol–water partition coefficient (Wildman–Crippen LogP) is 2.55. The number of hydrogen-bond donors (Lipinski definition) is 1. The number of aryl methyl sites for hydroxylation is 1. The van der Waals surface area contributed by atoms with Gasteiger partial charge in [0.1, 0.15) is 11.7 Å². The van der Waals surface area contributed by atoms with Crippen molar-refractivity contribution in [3.05, 3.63) is 23.8 Å². The summed E-state index contributed by atoms with van der Waals surface area (Å²) in [4.78, 5) is 1.27. The van der Waals surface area contributed by atoms with Crippen molar-refractivity contribution in [3.63, 3.8) is 0 Å². The van der Waals surface area contributed by atoms with Crippen LogP contribution < -0.4 is 10.5 Å². The zero-order valence-corrected chi connectivity index (χ0v) is 9.48. The molecule has 2 N–H and O–H groups in total. The zero-order valence-electron chi connectivity index (χ0n) is 8.66. The second-order valence-corrected chi connectivity index (χ2v) is 5.51. The lowest BCUT2D eigenvalue weighted by Crippen LogP contribution is -2.22. The summed E-state index contributed by atoms with van der Waals surface area (Å²) in [5.74, 6) is 1.82. The third-order valence-electron chi connectivity index (χ3n) is 3.24. The third-order valence-corrected chi connectivity index (χ3v) is 4.12. The van der Waals surface area contributed by atoms with Crippen molar-refractivity contribution >= 4 is 11.8 Å². The number of fused-ring (bicyclic) bond motifs is 1. The van der Waals surface area contributed by atoms with E-state index in [0.717, 1.165) is 24.5 Å². The second kappa shape index (κ2) is 3.42. The maximum absolute atomic E-state index is 6.07. The van der Waals surface area contributed by atoms with E-state index in [0.29, 0.717) is 0 Å². The molecule has 3 heteroatoms. The molecular formula is C12H15NOS. The molecule has 0 unspecified atom stereocenters. The Labute approximate surface area is 94.2 Å². The SMILES string of the molecule is NC1(CCc2ccc3c(c2)OCS3)CC1. The van der Waals surface area contributed by atoms with Gasteiger partial charge in [-0.25, -0.2) is 0 Å². The summed E-state index contributed by atoms with van der Waals surface area (Å²) >= 11 is 1.77. The van der Waals surface area contributed by atoms with Crippen molar-refractivity contribution in [1.29, 1.82) is 0 Å². The number of rotatable bonds is 3. The lowest BCUT2D eigenvalue weighted by atomic mass is 10.0. The second-order valence-electron chi connectivity index (χ2n) is 4.55. The summed E-state index contributed by atoms with van der Waals surface area (Å²) < 4.78 is 5.52. The van der Waals surface area contributed by atoms with Gasteiger partial charge in [-0.05, 0) is 43.4 Å². The summed E-state index contributed by atoms with van der Waals surface area (Å²) in [6, 6.07) is 6.53. The monoisotopic (exact) mass is 221 g/mol. The topological polar surface area (TPSA) is 35.2 Å². The number of ether oxygens (including phenoxy) is 1. The smallest absolute Gasteiger partial charge is 0.138 e. The van der Waals surface area contributed by atoms with Crippen LogP contribution in [-0.2, 0) is 6.42 Å². The highest BCUT2D eigenvalue weighted by atomic mass is 32.2. The number of nitrogens with two attached hydrogens (primary N) is 1. The molecule has 1 heterocycles. The molecule has 0 aromatic heterocycles. The van der Waals surface area contributed by atoms with E-state index in [2.05, 4.69) is 18.2 Å². The molecular weight excluding hydrogens is 206 g/mol. The predicted molar refractivity (Wildman–Crippen MR) is 62.3 cm³/mol. The Hall–Kier alpha value is -0.670. The molecule has 1 saturated carbocycles. The van der Waals surface area contributed by atoms with E-state index in [1.165, 1.54) is 23.3 Å². The fourth-order valence-corrected chi connectivity index (χ4v) is 2.64. The summed E-state index contributed by atoms with van der Waals surface area (Å²) in [6.07, 6.45) is 4.59. The van der Waals surface area contributed by atoms with Gasteiger partial charge in [0.2, 0.25) is 0 Å². The van der Waals surface area contributed by atoms with Gasteiger partial charge in [-0.1, -0.05) is 17.8 Å². The molecule has 15 heavy (non-hydrogen) atoms. The molecule has 0 amide bonds. The average Bonchev–Trinajstić information content (AvgIpc) is 2.80. The zero-order chi connectivity index (χ0) is 10.3. The van der Waals surface area contributed by atoms with Crippen LogP contribution in [0.3, 0.4) is 0 Å². The molecule has 0 radical (unpaired) electrons. The van der Waals surface area contributed by atoms with Gasteiger partial charge in [-0.15, -0.1) is 0 Å². The minimum absolute atomic E-state index is 0.161. The fourth-order valence-electron chi connectivity index (χ4n) is 1.90. The van der Waals surface area contributed by atoms with E-state index in [1.807, 2.05) is 0 Å². The first kappa shape index (κ1) is 9.55. The highest BCUT2D eigenvalue weighted by molar-refractivity contribution is 7.99. The summed E-state index contributed by atoms with van der Waals surface area (Å²) in [6.45, 7) is 0. The Morgan fingerprint density at radius 2 is 2.27 bits per heavy atom. The van der Waals surface area contributed by atoms with Crippen molar-refractivity contribution in [2.24, 2.45) is 5.73 Å². The van der Waals surface area contributed by atoms with Gasteiger partial charge in [0.25, 0.3) is 0 Å². The Morgan fingerprint density at radius 3 is 3.07 bits per heavy atom. The minimum Gasteiger partial charge on any atom is -0.481 e. The van der Waals surface area contributed by atoms with E-state index in [9.17, 15) is 0 Å². The first-order chi connectivity index (χ1) is 7.25. The number of benzene rings is 1. The van der Waals surface area contributed by atoms with Crippen LogP contribution in [0.5, 0.6) is 5.75 Å². The van der Waals surface area contributed by atoms with E-state index in [-0.39, 0.29) is 5.54 Å². The normalized spacial score (nSPS) is 20.9. The van der Waals surface area contributed by atoms with Gasteiger partial charge in [-0.3, -0.25) is 0 Å². The molecule has 1 fully saturated rings. The van der Waals surface area contributed by atoms with Gasteiger partial charge in [0.15, 0.2) is 0 Å². The van der Waals surface area contributed by atoms with Gasteiger partial charge in [0.05, 0.1) is 4.90 Å². The van der Waals surface area contributed by atoms with Crippen LogP contribution in [-0.4, -0.2) is 11.5 Å². The molecule has 80 valence electrons. The Kier molecular flexibility index (Phi) is 2.18. The molecule has 1 aliphatic carbocycles. The van der Waals surface area contributed by atoms with E-state index in [4.69, 9.17) is 10.5 Å². The van der Waals surface area contributed by atoms with Gasteiger partial charge in [0, 0.05) is 5.54 Å². The van der Waals surface area contributed by atoms with Crippen molar-refractivity contribution in [2.75, 3.05) is 5.94 Å². The van der Waals surface area contributed by atoms with Crippen LogP contribution in [0.2, 0.25) is 0 Å². The van der Waals surface area contributed by atoms with Gasteiger partial charge < -0.3 is 10.5 Å². The Balaban J connectivity index is 1.70. The molecule has 2 aliphatic rings. The van der Waals surface area contributed by atoms with E-state index >= 15 is 0 Å². The molecule has 1 aromatic carbocycles. The van der Waals surface area contributed by atoms with Gasteiger partial charge >= 0.3 is 0 Å². The minimum atomic E-state index is 0.161. The van der Waals surface area contributed by atoms with Crippen LogP contribution in [0.15, 0.2) is 23.1 Å². The largest absolute Gasteiger partial charge is 0.481 e. The van der Waals surface area contributed by atoms with Crippen LogP contribution in [0, 0.1) is 0 Å². The summed E-state index contributed by atoms with van der Waals surface area (Å²) in [7, 11) is 0. The van der Waals surface area contributed by atoms with Crippen molar-refractivity contribution < 1.29 is 4.74 Å². The highest BCUT2D eigenvalue weighted by Crippen LogP contribution is 2.39. The standard InChI is InChI=1S/C12H15NOS/c13-12(5-6-12)4-3-9-1-2-11-10(7-9)14-8-15-11/h1-2,7H,3-6,8,13H2. The summed E-state index contributed by atoms with van der Waals surface area (Å²) in [5, 5.41) is 0. The Morgan fingerprint density at radius 1 is 1.40 bits per heavy atom. The quantitative estimate of drug-likeness (QED) is 0.852. The molecule has 1 aromatic rings. The molecule has 1 aliphatic heterocycles. The van der Waals surface area contributed by atoms with E-state index < -0.39 is 0 Å². The van der Waals surface area contributed by atoms with Crippen LogP contribution in [0.4, 0.5) is 0 Å². The van der Waals surface area contributed by atoms with Crippen LogP contribution in [0.1, 0.15) is 24.8 Å². The molecule has 0 saturated heterocycles. The van der Waals surface area contributed by atoms with Crippen molar-refractivity contribution in [2.45, 2.75) is 36.1 Å². The maximum Gasteiger partial charge on any atom is 0.138 e. The first-order valence-electron chi connectivity index (χ1n) is 5.43. The number of hydrogen-bond acceptors (Lipinski definition) is 3. The molecule has 0 atom stereocenters. The Bertz CT molecular complexity index is 387. The lowest BCUT2D eigenvalue weighted by Gasteiger charge is -2.08. The number of thioether (sulfide) groups is 1. The molecule has 2 nitrogen and oxygen atoms in total. The molecule has 3 rings (SSSR count). The molecule has 0 spiro atoms. The van der Waals surface area contributed by atoms with Crippen molar-refractivity contribution in [3.8, 4) is 5.75 Å². The fraction of sp³-hybridized carbons (Fsp3) is 0.500. The first-order valence-corrected chi connectivity index (χ1v) is 6.41. The maximum atomic E-state index is 6.07. The van der Waals surface area contributed by atoms with Crippen molar-refractivity contribution in [1.82, 2.24) is 0 Å². The van der Waals surface area contributed by atoms with Gasteiger partial charge in [-0.2, -0.15) is 0 Å². The lowest BCUT2D eigenvalue weighted by molar-refractivity contribution is 0.397. The molecule has 0 bridgehead atoms. The van der Waals surface area contributed by atoms with Crippen LogP contribution >= 0.6 is 11.8 Å².